The van der Waals surface area contributed by atoms with Crippen LogP contribution in [0, 0.1) is 6.92 Å². The molecule has 0 saturated carbocycles. The number of esters is 3. The minimum absolute atomic E-state index is 0.00626. The highest BCUT2D eigenvalue weighted by atomic mass is 16.5. The van der Waals surface area contributed by atoms with Gasteiger partial charge < -0.3 is 23.8 Å². The van der Waals surface area contributed by atoms with E-state index in [1.165, 1.54) is 38.2 Å². The van der Waals surface area contributed by atoms with Crippen LogP contribution in [0.3, 0.4) is 0 Å². The molecule has 0 aromatic heterocycles. The number of ether oxygens (including phenoxy) is 4. The Hall–Kier alpha value is -3.98. The molecule has 9 heteroatoms. The van der Waals surface area contributed by atoms with Crippen LogP contribution in [-0.2, 0) is 28.5 Å². The van der Waals surface area contributed by atoms with Crippen LogP contribution in [0.4, 0.5) is 5.69 Å². The zero-order chi connectivity index (χ0) is 24.8. The SMILES string of the molecule is COC(=O)C1=C(C(=O)OC)N(c2ccc(C(=O)OC(C)C(=O)c3ccc(C)cc3)cc2)COC1. The second-order valence-corrected chi connectivity index (χ2v) is 7.54. The molecule has 1 aliphatic heterocycles. The molecule has 0 amide bonds. The van der Waals surface area contributed by atoms with Gasteiger partial charge in [-0.05, 0) is 38.1 Å². The molecule has 1 unspecified atom stereocenters. The number of rotatable bonds is 7. The van der Waals surface area contributed by atoms with E-state index in [9.17, 15) is 19.2 Å². The van der Waals surface area contributed by atoms with Crippen molar-refractivity contribution in [1.82, 2.24) is 0 Å². The summed E-state index contributed by atoms with van der Waals surface area (Å²) in [6.07, 6.45) is -0.971. The van der Waals surface area contributed by atoms with Crippen molar-refractivity contribution in [2.75, 3.05) is 32.5 Å². The van der Waals surface area contributed by atoms with Gasteiger partial charge in [0.1, 0.15) is 12.4 Å². The molecule has 178 valence electrons. The summed E-state index contributed by atoms with van der Waals surface area (Å²) in [4.78, 5) is 51.1. The zero-order valence-electron chi connectivity index (χ0n) is 19.3. The van der Waals surface area contributed by atoms with E-state index in [0.717, 1.165) is 5.56 Å². The van der Waals surface area contributed by atoms with Crippen molar-refractivity contribution in [1.29, 1.82) is 0 Å². The van der Waals surface area contributed by atoms with E-state index in [1.807, 2.05) is 19.1 Å². The first-order valence-electron chi connectivity index (χ1n) is 10.4. The van der Waals surface area contributed by atoms with Crippen molar-refractivity contribution in [2.24, 2.45) is 0 Å². The molecule has 0 bridgehead atoms. The molecular formula is C25H25NO8. The highest BCUT2D eigenvalue weighted by molar-refractivity contribution is 6.04. The number of anilines is 1. The minimum Gasteiger partial charge on any atom is -0.466 e. The zero-order valence-corrected chi connectivity index (χ0v) is 19.3. The molecule has 0 aliphatic carbocycles. The lowest BCUT2D eigenvalue weighted by molar-refractivity contribution is -0.140. The van der Waals surface area contributed by atoms with Gasteiger partial charge in [0.25, 0.3) is 0 Å². The van der Waals surface area contributed by atoms with Crippen LogP contribution in [0.5, 0.6) is 0 Å². The summed E-state index contributed by atoms with van der Waals surface area (Å²) in [5.41, 5.74) is 2.17. The van der Waals surface area contributed by atoms with E-state index in [-0.39, 0.29) is 36.0 Å². The lowest BCUT2D eigenvalue weighted by atomic mass is 10.1. The fraction of sp³-hybridized carbons (Fsp3) is 0.280. The molecule has 0 spiro atoms. The molecule has 2 aromatic rings. The highest BCUT2D eigenvalue weighted by Crippen LogP contribution is 2.27. The Kier molecular flexibility index (Phi) is 7.80. The fourth-order valence-electron chi connectivity index (χ4n) is 3.36. The average Bonchev–Trinajstić information content (AvgIpc) is 2.87. The van der Waals surface area contributed by atoms with Crippen LogP contribution in [-0.4, -0.2) is 57.4 Å². The average molecular weight is 467 g/mol. The monoisotopic (exact) mass is 467 g/mol. The van der Waals surface area contributed by atoms with Gasteiger partial charge >= 0.3 is 17.9 Å². The maximum atomic E-state index is 12.6. The quantitative estimate of drug-likeness (QED) is 0.345. The Bertz CT molecular complexity index is 1120. The Balaban J connectivity index is 1.77. The number of carbonyl (C=O) groups excluding carboxylic acids is 4. The number of ketones is 1. The predicted molar refractivity (Wildman–Crippen MR) is 121 cm³/mol. The van der Waals surface area contributed by atoms with E-state index < -0.39 is 24.0 Å². The van der Waals surface area contributed by atoms with Crippen molar-refractivity contribution < 1.29 is 38.1 Å². The van der Waals surface area contributed by atoms with E-state index in [1.54, 1.807) is 24.3 Å². The van der Waals surface area contributed by atoms with Crippen LogP contribution < -0.4 is 4.90 Å². The highest BCUT2D eigenvalue weighted by Gasteiger charge is 2.32. The normalized spacial score (nSPS) is 14.3. The second kappa shape index (κ2) is 10.8. The molecule has 34 heavy (non-hydrogen) atoms. The molecule has 0 saturated heterocycles. The third-order valence-corrected chi connectivity index (χ3v) is 5.24. The number of methoxy groups -OCH3 is 2. The second-order valence-electron chi connectivity index (χ2n) is 7.54. The van der Waals surface area contributed by atoms with Gasteiger partial charge in [-0.25, -0.2) is 14.4 Å². The number of hydrogen-bond acceptors (Lipinski definition) is 9. The maximum absolute atomic E-state index is 12.6. The number of Topliss-reactive ketones (excluding diaryl/α,β-unsaturated/α-hetero) is 1. The summed E-state index contributed by atoms with van der Waals surface area (Å²) in [6, 6.07) is 13.1. The Labute approximate surface area is 196 Å². The van der Waals surface area contributed by atoms with Gasteiger partial charge in [-0.3, -0.25) is 4.79 Å². The van der Waals surface area contributed by atoms with Crippen LogP contribution in [0.1, 0.15) is 33.2 Å². The lowest BCUT2D eigenvalue weighted by Crippen LogP contribution is -2.38. The summed E-state index contributed by atoms with van der Waals surface area (Å²) in [7, 11) is 2.41. The van der Waals surface area contributed by atoms with Crippen LogP contribution >= 0.6 is 0 Å². The third kappa shape index (κ3) is 5.32. The summed E-state index contributed by atoms with van der Waals surface area (Å²) in [5.74, 6) is -2.42. The van der Waals surface area contributed by atoms with Crippen molar-refractivity contribution in [3.63, 3.8) is 0 Å². The van der Waals surface area contributed by atoms with E-state index >= 15 is 0 Å². The van der Waals surface area contributed by atoms with Gasteiger partial charge in [0.05, 0.1) is 32.0 Å². The van der Waals surface area contributed by atoms with Crippen molar-refractivity contribution in [2.45, 2.75) is 20.0 Å². The fourth-order valence-corrected chi connectivity index (χ4v) is 3.36. The van der Waals surface area contributed by atoms with Gasteiger partial charge in [0.15, 0.2) is 6.10 Å². The standard InChI is InChI=1S/C25H25NO8/c1-15-5-7-17(8-6-15)22(27)16(2)34-23(28)18-9-11-19(12-10-18)26-14-33-13-20(24(29)31-3)21(26)25(30)32-4/h5-12,16H,13-14H2,1-4H3. The number of carbonyl (C=O) groups is 4. The smallest absolute Gasteiger partial charge is 0.355 e. The van der Waals surface area contributed by atoms with Crippen molar-refractivity contribution >= 4 is 29.4 Å². The Morgan fingerprint density at radius 1 is 0.853 bits per heavy atom. The summed E-state index contributed by atoms with van der Waals surface area (Å²) in [6.45, 7) is 3.31. The van der Waals surface area contributed by atoms with Crippen molar-refractivity contribution in [3.05, 3.63) is 76.5 Å². The number of aryl methyl sites for hydroxylation is 1. The van der Waals surface area contributed by atoms with E-state index in [4.69, 9.17) is 18.9 Å². The number of hydrogen-bond donors (Lipinski definition) is 0. The van der Waals surface area contributed by atoms with Gasteiger partial charge in [0, 0.05) is 11.3 Å². The molecule has 1 aliphatic rings. The first kappa shape index (κ1) is 24.7. The summed E-state index contributed by atoms with van der Waals surface area (Å²) in [5, 5.41) is 0. The topological polar surface area (TPSA) is 108 Å². The number of benzene rings is 2. The Morgan fingerprint density at radius 2 is 1.44 bits per heavy atom. The van der Waals surface area contributed by atoms with Crippen LogP contribution in [0.25, 0.3) is 0 Å². The van der Waals surface area contributed by atoms with Gasteiger partial charge in [-0.2, -0.15) is 0 Å². The number of nitrogens with zero attached hydrogens (tertiary/aromatic N) is 1. The van der Waals surface area contributed by atoms with E-state index in [0.29, 0.717) is 11.3 Å². The van der Waals surface area contributed by atoms with Gasteiger partial charge in [-0.1, -0.05) is 29.8 Å². The van der Waals surface area contributed by atoms with Crippen molar-refractivity contribution in [3.8, 4) is 0 Å². The largest absolute Gasteiger partial charge is 0.466 e. The maximum Gasteiger partial charge on any atom is 0.355 e. The first-order chi connectivity index (χ1) is 16.3. The summed E-state index contributed by atoms with van der Waals surface area (Å²) < 4.78 is 20.3. The summed E-state index contributed by atoms with van der Waals surface area (Å²) >= 11 is 0. The molecule has 3 rings (SSSR count). The molecule has 9 nitrogen and oxygen atoms in total. The molecular weight excluding hydrogens is 442 g/mol. The van der Waals surface area contributed by atoms with E-state index in [2.05, 4.69) is 0 Å². The predicted octanol–water partition coefficient (Wildman–Crippen LogP) is 2.82. The molecule has 1 atom stereocenters. The molecule has 0 N–H and O–H groups in total. The Morgan fingerprint density at radius 3 is 2.03 bits per heavy atom. The lowest BCUT2D eigenvalue weighted by Gasteiger charge is -2.31. The minimum atomic E-state index is -0.971. The third-order valence-electron chi connectivity index (χ3n) is 5.24. The molecule has 0 radical (unpaired) electrons. The van der Waals surface area contributed by atoms with Crippen LogP contribution in [0.15, 0.2) is 59.8 Å². The molecule has 0 fully saturated rings. The van der Waals surface area contributed by atoms with Gasteiger partial charge in [-0.15, -0.1) is 0 Å². The van der Waals surface area contributed by atoms with Crippen LogP contribution in [0.2, 0.25) is 0 Å². The van der Waals surface area contributed by atoms with Gasteiger partial charge in [0.2, 0.25) is 5.78 Å². The molecule has 2 aromatic carbocycles. The molecule has 1 heterocycles. The first-order valence-corrected chi connectivity index (χ1v) is 10.4.